The summed E-state index contributed by atoms with van der Waals surface area (Å²) in [5, 5.41) is 0. The van der Waals surface area contributed by atoms with E-state index in [0.717, 1.165) is 24.2 Å². The summed E-state index contributed by atoms with van der Waals surface area (Å²) >= 11 is 0. The number of likely N-dealkylation sites (N-methyl/N-ethyl adjacent to an activating group) is 1. The number of hydrogen-bond acceptors (Lipinski definition) is 3. The van der Waals surface area contributed by atoms with Crippen LogP contribution in [0.4, 0.5) is 11.4 Å². The Hall–Kier alpha value is -2.49. The lowest BCUT2D eigenvalue weighted by atomic mass is 10.1. The smallest absolute Gasteiger partial charge is 0.227 e. The van der Waals surface area contributed by atoms with Gasteiger partial charge in [-0.3, -0.25) is 4.79 Å². The minimum atomic E-state index is 0.178. The molecule has 1 unspecified atom stereocenters. The van der Waals surface area contributed by atoms with E-state index in [1.165, 1.54) is 11.3 Å². The van der Waals surface area contributed by atoms with Crippen LogP contribution in [0.5, 0.6) is 0 Å². The van der Waals surface area contributed by atoms with Crippen LogP contribution < -0.4 is 10.6 Å². The molecule has 1 heterocycles. The second-order valence-corrected chi connectivity index (χ2v) is 6.51. The van der Waals surface area contributed by atoms with E-state index in [4.69, 9.17) is 5.73 Å². The number of nitrogens with zero attached hydrogens (tertiary/aromatic N) is 2. The third-order valence-electron chi connectivity index (χ3n) is 4.80. The maximum Gasteiger partial charge on any atom is 0.227 e. The summed E-state index contributed by atoms with van der Waals surface area (Å²) in [6, 6.07) is 16.2. The second-order valence-electron chi connectivity index (χ2n) is 6.51. The van der Waals surface area contributed by atoms with Crippen LogP contribution in [0.25, 0.3) is 0 Å². The molecule has 0 spiro atoms. The highest BCUT2D eigenvalue weighted by Gasteiger charge is 2.28. The second kappa shape index (κ2) is 6.95. The molecule has 0 aliphatic carbocycles. The zero-order chi connectivity index (χ0) is 17.1. The molecule has 2 N–H and O–H groups in total. The Labute approximate surface area is 143 Å². The number of carbonyl (C=O) groups excluding carboxylic acids is 1. The normalized spacial score (nSPS) is 17.3. The molecule has 4 nitrogen and oxygen atoms in total. The van der Waals surface area contributed by atoms with Gasteiger partial charge in [-0.25, -0.2) is 0 Å². The van der Waals surface area contributed by atoms with Gasteiger partial charge in [0.25, 0.3) is 0 Å². The van der Waals surface area contributed by atoms with Gasteiger partial charge in [-0.1, -0.05) is 37.3 Å². The fourth-order valence-corrected chi connectivity index (χ4v) is 3.40. The van der Waals surface area contributed by atoms with Crippen LogP contribution in [0.15, 0.2) is 48.5 Å². The first-order valence-corrected chi connectivity index (χ1v) is 8.51. The van der Waals surface area contributed by atoms with E-state index >= 15 is 0 Å². The first-order chi connectivity index (χ1) is 11.6. The van der Waals surface area contributed by atoms with Crippen molar-refractivity contribution in [2.75, 3.05) is 24.2 Å². The van der Waals surface area contributed by atoms with Crippen molar-refractivity contribution in [2.45, 2.75) is 32.4 Å². The minimum absolute atomic E-state index is 0.178. The predicted molar refractivity (Wildman–Crippen MR) is 98.9 cm³/mol. The monoisotopic (exact) mass is 323 g/mol. The van der Waals surface area contributed by atoms with Gasteiger partial charge in [-0.05, 0) is 35.7 Å². The van der Waals surface area contributed by atoms with E-state index in [9.17, 15) is 4.79 Å². The first kappa shape index (κ1) is 16.4. The zero-order valence-corrected chi connectivity index (χ0v) is 14.4. The van der Waals surface area contributed by atoms with Gasteiger partial charge in [-0.2, -0.15) is 0 Å². The largest absolute Gasteiger partial charge is 0.399 e. The Morgan fingerprint density at radius 1 is 1.17 bits per heavy atom. The van der Waals surface area contributed by atoms with E-state index in [0.29, 0.717) is 13.0 Å². The minimum Gasteiger partial charge on any atom is -0.399 e. The summed E-state index contributed by atoms with van der Waals surface area (Å²) in [6.45, 7) is 3.69. The van der Waals surface area contributed by atoms with Crippen molar-refractivity contribution in [2.24, 2.45) is 0 Å². The fraction of sp³-hybridized carbons (Fsp3) is 0.350. The standard InChI is InChI=1S/C20H25N3O/c1-3-18-14-22(2)19-7-5-4-6-16(19)13-23(18)20(24)12-15-8-10-17(21)11-9-15/h4-11,18H,3,12-14,21H2,1-2H3. The molecule has 4 heteroatoms. The molecule has 1 amide bonds. The van der Waals surface area contributed by atoms with Crippen LogP contribution >= 0.6 is 0 Å². The molecule has 24 heavy (non-hydrogen) atoms. The van der Waals surface area contributed by atoms with Gasteiger partial charge in [0.05, 0.1) is 6.42 Å². The van der Waals surface area contributed by atoms with E-state index in [1.807, 2.05) is 35.2 Å². The number of fused-ring (bicyclic) bond motifs is 1. The number of carbonyl (C=O) groups is 1. The van der Waals surface area contributed by atoms with Crippen molar-refractivity contribution < 1.29 is 4.79 Å². The van der Waals surface area contributed by atoms with Crippen LogP contribution in [0.1, 0.15) is 24.5 Å². The molecule has 1 aliphatic rings. The van der Waals surface area contributed by atoms with Crippen LogP contribution in [0, 0.1) is 0 Å². The summed E-state index contributed by atoms with van der Waals surface area (Å²) in [4.78, 5) is 17.3. The lowest BCUT2D eigenvalue weighted by Gasteiger charge is -2.31. The van der Waals surface area contributed by atoms with E-state index in [2.05, 4.69) is 37.1 Å². The topological polar surface area (TPSA) is 49.6 Å². The van der Waals surface area contributed by atoms with Crippen molar-refractivity contribution in [1.29, 1.82) is 0 Å². The number of anilines is 2. The fourth-order valence-electron chi connectivity index (χ4n) is 3.40. The number of amides is 1. The maximum absolute atomic E-state index is 13.0. The van der Waals surface area contributed by atoms with E-state index in [-0.39, 0.29) is 11.9 Å². The van der Waals surface area contributed by atoms with Crippen LogP contribution in [0.2, 0.25) is 0 Å². The van der Waals surface area contributed by atoms with E-state index in [1.54, 1.807) is 0 Å². The summed E-state index contributed by atoms with van der Waals surface area (Å²) in [5.74, 6) is 0.178. The maximum atomic E-state index is 13.0. The lowest BCUT2D eigenvalue weighted by Crippen LogP contribution is -2.44. The number of para-hydroxylation sites is 1. The van der Waals surface area contributed by atoms with Crippen molar-refractivity contribution >= 4 is 17.3 Å². The number of rotatable bonds is 3. The van der Waals surface area contributed by atoms with Gasteiger partial charge >= 0.3 is 0 Å². The van der Waals surface area contributed by atoms with Gasteiger partial charge in [-0.15, -0.1) is 0 Å². The predicted octanol–water partition coefficient (Wildman–Crippen LogP) is 3.07. The SMILES string of the molecule is CCC1CN(C)c2ccccc2CN1C(=O)Cc1ccc(N)cc1. The summed E-state index contributed by atoms with van der Waals surface area (Å²) < 4.78 is 0. The van der Waals surface area contributed by atoms with Crippen molar-refractivity contribution in [3.8, 4) is 0 Å². The number of nitrogens with two attached hydrogens (primary N) is 1. The Morgan fingerprint density at radius 3 is 2.58 bits per heavy atom. The number of benzene rings is 2. The van der Waals surface area contributed by atoms with Gasteiger partial charge < -0.3 is 15.5 Å². The number of nitrogen functional groups attached to an aromatic ring is 1. The molecule has 0 saturated heterocycles. The third-order valence-corrected chi connectivity index (χ3v) is 4.80. The Kier molecular flexibility index (Phi) is 4.74. The van der Waals surface area contributed by atoms with Crippen LogP contribution in [-0.2, 0) is 17.8 Å². The Balaban J connectivity index is 1.84. The van der Waals surface area contributed by atoms with Gasteiger partial charge in [0.2, 0.25) is 5.91 Å². The Bertz CT molecular complexity index is 711. The van der Waals surface area contributed by atoms with Gasteiger partial charge in [0.15, 0.2) is 0 Å². The molecule has 3 rings (SSSR count). The van der Waals surface area contributed by atoms with Crippen LogP contribution in [-0.4, -0.2) is 30.4 Å². The lowest BCUT2D eigenvalue weighted by molar-refractivity contribution is -0.133. The van der Waals surface area contributed by atoms with Crippen molar-refractivity contribution in [3.05, 3.63) is 59.7 Å². The molecule has 0 bridgehead atoms. The highest BCUT2D eigenvalue weighted by atomic mass is 16.2. The highest BCUT2D eigenvalue weighted by Crippen LogP contribution is 2.27. The summed E-state index contributed by atoms with van der Waals surface area (Å²) in [5.41, 5.74) is 9.90. The first-order valence-electron chi connectivity index (χ1n) is 8.51. The van der Waals surface area contributed by atoms with Crippen molar-refractivity contribution in [1.82, 2.24) is 4.90 Å². The summed E-state index contributed by atoms with van der Waals surface area (Å²) in [7, 11) is 2.11. The molecule has 0 radical (unpaired) electrons. The molecule has 2 aromatic rings. The molecule has 0 saturated carbocycles. The quantitative estimate of drug-likeness (QED) is 0.883. The molecule has 0 aromatic heterocycles. The number of hydrogen-bond donors (Lipinski definition) is 1. The molecular weight excluding hydrogens is 298 g/mol. The van der Waals surface area contributed by atoms with E-state index < -0.39 is 0 Å². The average Bonchev–Trinajstić information content (AvgIpc) is 2.74. The highest BCUT2D eigenvalue weighted by molar-refractivity contribution is 5.80. The molecule has 1 aliphatic heterocycles. The average molecular weight is 323 g/mol. The zero-order valence-electron chi connectivity index (χ0n) is 14.4. The molecule has 126 valence electrons. The molecule has 0 fully saturated rings. The van der Waals surface area contributed by atoms with Crippen LogP contribution in [0.3, 0.4) is 0 Å². The van der Waals surface area contributed by atoms with Crippen molar-refractivity contribution in [3.63, 3.8) is 0 Å². The van der Waals surface area contributed by atoms with Gasteiger partial charge in [0.1, 0.15) is 0 Å². The Morgan fingerprint density at radius 2 is 1.88 bits per heavy atom. The molecule has 2 aromatic carbocycles. The third kappa shape index (κ3) is 3.37. The molecule has 1 atom stereocenters. The summed E-state index contributed by atoms with van der Waals surface area (Å²) in [6.07, 6.45) is 1.37. The van der Waals surface area contributed by atoms with Gasteiger partial charge in [0, 0.05) is 37.6 Å². The molecular formula is C20H25N3O.